The van der Waals surface area contributed by atoms with Gasteiger partial charge in [-0.25, -0.2) is 14.4 Å². The quantitative estimate of drug-likeness (QED) is 0.504. The van der Waals surface area contributed by atoms with Crippen LogP contribution in [-0.4, -0.2) is 36.6 Å². The first-order chi connectivity index (χ1) is 15.7. The van der Waals surface area contributed by atoms with E-state index in [0.717, 1.165) is 12.0 Å². The number of nitrogens with one attached hydrogen (secondary N) is 3. The summed E-state index contributed by atoms with van der Waals surface area (Å²) in [5, 5.41) is 8.92. The van der Waals surface area contributed by atoms with Gasteiger partial charge < -0.3 is 20.7 Å². The number of hydrogen-bond acceptors (Lipinski definition) is 4. The van der Waals surface area contributed by atoms with Crippen molar-refractivity contribution in [2.24, 2.45) is 0 Å². The van der Waals surface area contributed by atoms with Gasteiger partial charge in [-0.3, -0.25) is 4.90 Å². The summed E-state index contributed by atoms with van der Waals surface area (Å²) in [5.74, 6) is -0.503. The summed E-state index contributed by atoms with van der Waals surface area (Å²) in [6.07, 6.45) is 0.751. The first-order valence-electron chi connectivity index (χ1n) is 10.6. The third kappa shape index (κ3) is 5.46. The zero-order chi connectivity index (χ0) is 24.1. The molecule has 4 amide bonds. The van der Waals surface area contributed by atoms with E-state index in [1.54, 1.807) is 48.2 Å². The SMILES string of the molecule is CCCN1C(=O)N[C@H](c2ccc(NC(=O)Nc3ccc(C)c(Cl)c3)cc2)C(C(=O)OC)=C1C. The fourth-order valence-corrected chi connectivity index (χ4v) is 3.80. The molecule has 0 fully saturated rings. The van der Waals surface area contributed by atoms with Crippen molar-refractivity contribution in [3.8, 4) is 0 Å². The van der Waals surface area contributed by atoms with E-state index in [0.29, 0.717) is 39.8 Å². The molecule has 174 valence electrons. The smallest absolute Gasteiger partial charge is 0.337 e. The highest BCUT2D eigenvalue weighted by molar-refractivity contribution is 6.31. The van der Waals surface area contributed by atoms with Gasteiger partial charge in [0.15, 0.2) is 0 Å². The molecule has 3 N–H and O–H groups in total. The Balaban J connectivity index is 1.77. The third-order valence-corrected chi connectivity index (χ3v) is 5.79. The summed E-state index contributed by atoms with van der Waals surface area (Å²) in [5.41, 5.74) is 3.67. The molecular formula is C24H27ClN4O4. The van der Waals surface area contributed by atoms with Crippen molar-refractivity contribution in [2.45, 2.75) is 33.2 Å². The van der Waals surface area contributed by atoms with Crippen LogP contribution >= 0.6 is 11.6 Å². The number of hydrogen-bond donors (Lipinski definition) is 3. The highest BCUT2D eigenvalue weighted by Crippen LogP contribution is 2.32. The third-order valence-electron chi connectivity index (χ3n) is 5.38. The van der Waals surface area contributed by atoms with Gasteiger partial charge in [-0.1, -0.05) is 36.7 Å². The van der Waals surface area contributed by atoms with Gasteiger partial charge in [0, 0.05) is 28.6 Å². The van der Waals surface area contributed by atoms with Crippen LogP contribution in [0.15, 0.2) is 53.7 Å². The fourth-order valence-electron chi connectivity index (χ4n) is 3.62. The lowest BCUT2D eigenvalue weighted by atomic mass is 9.94. The van der Waals surface area contributed by atoms with Crippen molar-refractivity contribution in [1.29, 1.82) is 0 Å². The molecule has 1 atom stereocenters. The standard InChI is InChI=1S/C24H27ClN4O4/c1-5-12-29-15(3)20(22(30)33-4)21(28-24(29)32)16-7-10-17(11-8-16)26-23(31)27-18-9-6-14(2)19(25)13-18/h6-11,13,21H,5,12H2,1-4H3,(H,28,32)(H2,26,27,31)/t21-/m1/s1. The summed E-state index contributed by atoms with van der Waals surface area (Å²) in [4.78, 5) is 39.0. The first-order valence-corrected chi connectivity index (χ1v) is 10.9. The molecule has 0 bridgehead atoms. The van der Waals surface area contributed by atoms with Crippen LogP contribution in [-0.2, 0) is 9.53 Å². The number of urea groups is 2. The zero-order valence-corrected chi connectivity index (χ0v) is 19.7. The average molecular weight is 471 g/mol. The van der Waals surface area contributed by atoms with E-state index >= 15 is 0 Å². The number of allylic oxidation sites excluding steroid dienone is 1. The van der Waals surface area contributed by atoms with Gasteiger partial charge in [0.1, 0.15) is 0 Å². The lowest BCUT2D eigenvalue weighted by molar-refractivity contribution is -0.136. The second-order valence-electron chi connectivity index (χ2n) is 7.69. The van der Waals surface area contributed by atoms with Crippen molar-refractivity contribution in [1.82, 2.24) is 10.2 Å². The molecule has 0 unspecified atom stereocenters. The molecule has 1 heterocycles. The Morgan fingerprint density at radius 1 is 1.09 bits per heavy atom. The Kier molecular flexibility index (Phi) is 7.60. The van der Waals surface area contributed by atoms with Gasteiger partial charge in [-0.2, -0.15) is 0 Å². The van der Waals surface area contributed by atoms with Gasteiger partial charge >= 0.3 is 18.0 Å². The summed E-state index contributed by atoms with van der Waals surface area (Å²) < 4.78 is 4.97. The second-order valence-corrected chi connectivity index (χ2v) is 8.10. The van der Waals surface area contributed by atoms with Crippen LogP contribution in [0.25, 0.3) is 0 Å². The molecule has 3 rings (SSSR count). The van der Waals surface area contributed by atoms with Crippen molar-refractivity contribution in [3.63, 3.8) is 0 Å². The molecule has 2 aromatic rings. The van der Waals surface area contributed by atoms with E-state index in [1.807, 2.05) is 19.9 Å². The lowest BCUT2D eigenvalue weighted by Gasteiger charge is -2.35. The number of amides is 4. The highest BCUT2D eigenvalue weighted by atomic mass is 35.5. The van der Waals surface area contributed by atoms with Crippen LogP contribution in [0.1, 0.15) is 37.4 Å². The maximum absolute atomic E-state index is 12.6. The predicted molar refractivity (Wildman–Crippen MR) is 128 cm³/mol. The Labute approximate surface area is 197 Å². The van der Waals surface area contributed by atoms with E-state index in [2.05, 4.69) is 16.0 Å². The summed E-state index contributed by atoms with van der Waals surface area (Å²) in [7, 11) is 1.31. The molecule has 9 heteroatoms. The number of carbonyl (C=O) groups is 3. The fraction of sp³-hybridized carbons (Fsp3) is 0.292. The van der Waals surface area contributed by atoms with Crippen LogP contribution in [0.2, 0.25) is 5.02 Å². The minimum atomic E-state index is -0.657. The maximum atomic E-state index is 12.6. The van der Waals surface area contributed by atoms with Crippen molar-refractivity contribution in [3.05, 3.63) is 69.9 Å². The monoisotopic (exact) mass is 470 g/mol. The molecular weight excluding hydrogens is 444 g/mol. The topological polar surface area (TPSA) is 99.8 Å². The molecule has 0 saturated carbocycles. The predicted octanol–water partition coefficient (Wildman–Crippen LogP) is 5.22. The summed E-state index contributed by atoms with van der Waals surface area (Å²) >= 11 is 6.10. The minimum Gasteiger partial charge on any atom is -0.466 e. The van der Waals surface area contributed by atoms with Gasteiger partial charge in [0.25, 0.3) is 0 Å². The normalized spacial score (nSPS) is 15.7. The number of carbonyl (C=O) groups excluding carboxylic acids is 3. The van der Waals surface area contributed by atoms with Gasteiger partial charge in [0.2, 0.25) is 0 Å². The number of nitrogens with zero attached hydrogens (tertiary/aromatic N) is 1. The van der Waals surface area contributed by atoms with E-state index in [1.165, 1.54) is 7.11 Å². The van der Waals surface area contributed by atoms with Crippen molar-refractivity contribution >= 4 is 41.0 Å². The van der Waals surface area contributed by atoms with Gasteiger partial charge in [-0.05, 0) is 55.7 Å². The number of ether oxygens (including phenoxy) is 1. The number of anilines is 2. The van der Waals surface area contributed by atoms with Crippen LogP contribution in [0, 0.1) is 6.92 Å². The Morgan fingerprint density at radius 3 is 2.33 bits per heavy atom. The number of aryl methyl sites for hydroxylation is 1. The molecule has 0 aromatic heterocycles. The van der Waals surface area contributed by atoms with Gasteiger partial charge in [-0.15, -0.1) is 0 Å². The van der Waals surface area contributed by atoms with E-state index in [9.17, 15) is 14.4 Å². The van der Waals surface area contributed by atoms with Gasteiger partial charge in [0.05, 0.1) is 18.7 Å². The first kappa shape index (κ1) is 24.1. The second kappa shape index (κ2) is 10.4. The maximum Gasteiger partial charge on any atom is 0.337 e. The molecule has 0 spiro atoms. The molecule has 33 heavy (non-hydrogen) atoms. The van der Waals surface area contributed by atoms with Crippen LogP contribution in [0.5, 0.6) is 0 Å². The molecule has 0 saturated heterocycles. The van der Waals surface area contributed by atoms with Crippen molar-refractivity contribution < 1.29 is 19.1 Å². The molecule has 0 aliphatic carbocycles. The van der Waals surface area contributed by atoms with E-state index in [4.69, 9.17) is 16.3 Å². The Bertz CT molecular complexity index is 1100. The summed E-state index contributed by atoms with van der Waals surface area (Å²) in [6, 6.07) is 10.8. The zero-order valence-electron chi connectivity index (χ0n) is 19.0. The molecule has 1 aliphatic heterocycles. The lowest BCUT2D eigenvalue weighted by Crippen LogP contribution is -2.48. The summed E-state index contributed by atoms with van der Waals surface area (Å²) in [6.45, 7) is 6.08. The van der Waals surface area contributed by atoms with Crippen LogP contribution in [0.4, 0.5) is 21.0 Å². The van der Waals surface area contributed by atoms with Crippen LogP contribution < -0.4 is 16.0 Å². The minimum absolute atomic E-state index is 0.273. The van der Waals surface area contributed by atoms with E-state index < -0.39 is 18.0 Å². The molecule has 8 nitrogen and oxygen atoms in total. The Hall–Kier alpha value is -3.52. The largest absolute Gasteiger partial charge is 0.466 e. The molecule has 1 aliphatic rings. The Morgan fingerprint density at radius 2 is 1.73 bits per heavy atom. The number of rotatable bonds is 6. The van der Waals surface area contributed by atoms with Crippen molar-refractivity contribution in [2.75, 3.05) is 24.3 Å². The molecule has 0 radical (unpaired) electrons. The number of benzene rings is 2. The number of esters is 1. The van der Waals surface area contributed by atoms with E-state index in [-0.39, 0.29) is 6.03 Å². The highest BCUT2D eigenvalue weighted by Gasteiger charge is 2.35. The van der Waals surface area contributed by atoms with Crippen LogP contribution in [0.3, 0.4) is 0 Å². The number of methoxy groups -OCH3 is 1. The number of halogens is 1. The molecule has 2 aromatic carbocycles. The average Bonchev–Trinajstić information content (AvgIpc) is 2.78.